The third-order valence-electron chi connectivity index (χ3n) is 4.33. The van der Waals surface area contributed by atoms with Crippen LogP contribution in [0.4, 0.5) is 10.1 Å². The van der Waals surface area contributed by atoms with E-state index in [0.717, 1.165) is 12.8 Å². The van der Waals surface area contributed by atoms with Gasteiger partial charge in [-0.2, -0.15) is 0 Å². The molecule has 7 heteroatoms. The average Bonchev–Trinajstić information content (AvgIpc) is 3.11. The predicted molar refractivity (Wildman–Crippen MR) is 81.1 cm³/mol. The van der Waals surface area contributed by atoms with Crippen LogP contribution in [0.25, 0.3) is 0 Å². The molecule has 2 amide bonds. The number of nitrogens with zero attached hydrogens (tertiary/aromatic N) is 1. The second-order valence-electron chi connectivity index (χ2n) is 5.70. The van der Waals surface area contributed by atoms with Gasteiger partial charge in [0.1, 0.15) is 5.82 Å². The minimum absolute atomic E-state index is 0.0465. The van der Waals surface area contributed by atoms with Crippen molar-refractivity contribution in [2.24, 2.45) is 11.8 Å². The summed E-state index contributed by atoms with van der Waals surface area (Å²) in [5, 5.41) is 9.24. The van der Waals surface area contributed by atoms with Gasteiger partial charge in [-0.25, -0.2) is 4.39 Å². The van der Waals surface area contributed by atoms with Gasteiger partial charge in [0, 0.05) is 13.1 Å². The molecule has 2 aliphatic rings. The van der Waals surface area contributed by atoms with Crippen molar-refractivity contribution in [2.45, 2.75) is 19.3 Å². The summed E-state index contributed by atoms with van der Waals surface area (Å²) in [6.07, 6.45) is 3.51. The van der Waals surface area contributed by atoms with E-state index in [1.54, 1.807) is 11.0 Å². The van der Waals surface area contributed by atoms with Gasteiger partial charge in [-0.3, -0.25) is 14.4 Å². The lowest BCUT2D eigenvalue weighted by atomic mass is 10.0. The molecule has 0 radical (unpaired) electrons. The monoisotopic (exact) mass is 322 g/mol. The van der Waals surface area contributed by atoms with Crippen LogP contribution in [-0.2, 0) is 14.4 Å². The lowest BCUT2D eigenvalue weighted by Gasteiger charge is -2.16. The van der Waals surface area contributed by atoms with E-state index in [0.29, 0.717) is 24.9 Å². The summed E-state index contributed by atoms with van der Waals surface area (Å²) in [5.41, 5.74) is 0.0465. The Bertz CT molecular complexity index is 581. The quantitative estimate of drug-likeness (QED) is 0.609. The zero-order valence-corrected chi connectivity index (χ0v) is 12.6. The Morgan fingerprint density at radius 1 is 1.22 bits per heavy atom. The molecule has 0 bridgehead atoms. The Labute approximate surface area is 133 Å². The average molecular weight is 322 g/mol. The van der Waals surface area contributed by atoms with E-state index in [4.69, 9.17) is 9.90 Å². The standard InChI is InChI=1S/C15H17FN2O2.CH2O2/c16-12-6-1-2-7-13(12)17-14(19)15(20)18-8-10-4-3-5-11(10)9-18;2-1-3/h1-2,6-7,10-11H,3-5,8-9H2,(H,17,19);1H,(H,2,3). The maximum absolute atomic E-state index is 13.4. The van der Waals surface area contributed by atoms with Crippen molar-refractivity contribution in [3.63, 3.8) is 0 Å². The number of para-hydroxylation sites is 1. The molecular formula is C16H19FN2O4. The molecule has 23 heavy (non-hydrogen) atoms. The minimum Gasteiger partial charge on any atom is -0.483 e. The van der Waals surface area contributed by atoms with Gasteiger partial charge in [-0.05, 0) is 36.8 Å². The van der Waals surface area contributed by atoms with Crippen molar-refractivity contribution in [3.8, 4) is 0 Å². The molecule has 0 aromatic heterocycles. The first-order chi connectivity index (χ1) is 11.1. The second kappa shape index (κ2) is 7.71. The second-order valence-corrected chi connectivity index (χ2v) is 5.70. The number of halogens is 1. The number of hydrogen-bond acceptors (Lipinski definition) is 3. The smallest absolute Gasteiger partial charge is 0.313 e. The molecule has 0 spiro atoms. The summed E-state index contributed by atoms with van der Waals surface area (Å²) in [5.74, 6) is -0.759. The van der Waals surface area contributed by atoms with Crippen molar-refractivity contribution in [3.05, 3.63) is 30.1 Å². The fourth-order valence-electron chi connectivity index (χ4n) is 3.28. The number of amides is 2. The Balaban J connectivity index is 0.000000595. The lowest BCUT2D eigenvalue weighted by Crippen LogP contribution is -2.38. The molecule has 1 aromatic rings. The summed E-state index contributed by atoms with van der Waals surface area (Å²) < 4.78 is 13.4. The number of nitrogens with one attached hydrogen (secondary N) is 1. The van der Waals surface area contributed by atoms with Crippen molar-refractivity contribution >= 4 is 24.0 Å². The molecule has 1 heterocycles. The van der Waals surface area contributed by atoms with Crippen LogP contribution in [0.3, 0.4) is 0 Å². The van der Waals surface area contributed by atoms with Crippen LogP contribution in [-0.4, -0.2) is 41.4 Å². The van der Waals surface area contributed by atoms with E-state index in [9.17, 15) is 14.0 Å². The third kappa shape index (κ3) is 4.06. The zero-order chi connectivity index (χ0) is 16.8. The van der Waals surface area contributed by atoms with Gasteiger partial charge in [-0.15, -0.1) is 0 Å². The van der Waals surface area contributed by atoms with E-state index >= 15 is 0 Å². The van der Waals surface area contributed by atoms with E-state index in [1.165, 1.54) is 24.6 Å². The lowest BCUT2D eigenvalue weighted by molar-refractivity contribution is -0.142. The summed E-state index contributed by atoms with van der Waals surface area (Å²) in [4.78, 5) is 33.9. The van der Waals surface area contributed by atoms with Crippen LogP contribution in [0.5, 0.6) is 0 Å². The van der Waals surface area contributed by atoms with Gasteiger partial charge in [-0.1, -0.05) is 18.6 Å². The maximum Gasteiger partial charge on any atom is 0.313 e. The third-order valence-corrected chi connectivity index (χ3v) is 4.33. The van der Waals surface area contributed by atoms with E-state index in [-0.39, 0.29) is 12.2 Å². The predicted octanol–water partition coefficient (Wildman–Crippen LogP) is 1.72. The van der Waals surface area contributed by atoms with E-state index < -0.39 is 17.6 Å². The topological polar surface area (TPSA) is 86.7 Å². The van der Waals surface area contributed by atoms with Gasteiger partial charge >= 0.3 is 11.8 Å². The SMILES string of the molecule is O=C(Nc1ccccc1F)C(=O)N1CC2CCCC2C1.O=CO. The zero-order valence-electron chi connectivity index (χ0n) is 12.6. The number of fused-ring (bicyclic) bond motifs is 1. The number of anilines is 1. The van der Waals surface area contributed by atoms with Crippen molar-refractivity contribution < 1.29 is 23.9 Å². The first-order valence-corrected chi connectivity index (χ1v) is 7.49. The number of hydrogen-bond donors (Lipinski definition) is 2. The number of rotatable bonds is 1. The van der Waals surface area contributed by atoms with Crippen molar-refractivity contribution in [1.29, 1.82) is 0 Å². The molecule has 1 saturated carbocycles. The first-order valence-electron chi connectivity index (χ1n) is 7.49. The molecule has 1 aliphatic carbocycles. The van der Waals surface area contributed by atoms with Crippen LogP contribution >= 0.6 is 0 Å². The first kappa shape index (κ1) is 16.9. The molecule has 6 nitrogen and oxygen atoms in total. The molecule has 124 valence electrons. The summed E-state index contributed by atoms with van der Waals surface area (Å²) in [7, 11) is 0. The molecule has 1 saturated heterocycles. The van der Waals surface area contributed by atoms with Gasteiger partial charge < -0.3 is 15.3 Å². The van der Waals surface area contributed by atoms with E-state index in [1.807, 2.05) is 0 Å². The summed E-state index contributed by atoms with van der Waals surface area (Å²) >= 11 is 0. The Morgan fingerprint density at radius 2 is 1.78 bits per heavy atom. The molecule has 2 unspecified atom stereocenters. The summed E-state index contributed by atoms with van der Waals surface area (Å²) in [6.45, 7) is 1.07. The molecule has 2 atom stereocenters. The largest absolute Gasteiger partial charge is 0.483 e. The fraction of sp³-hybridized carbons (Fsp3) is 0.438. The normalized spacial score (nSPS) is 21.9. The van der Waals surface area contributed by atoms with Crippen LogP contribution in [0.2, 0.25) is 0 Å². The van der Waals surface area contributed by atoms with Crippen molar-refractivity contribution in [1.82, 2.24) is 4.90 Å². The number of carbonyl (C=O) groups excluding carboxylic acids is 2. The van der Waals surface area contributed by atoms with E-state index in [2.05, 4.69) is 5.32 Å². The highest BCUT2D eigenvalue weighted by molar-refractivity contribution is 6.39. The highest BCUT2D eigenvalue weighted by Crippen LogP contribution is 2.37. The van der Waals surface area contributed by atoms with Gasteiger partial charge in [0.05, 0.1) is 5.69 Å². The fourth-order valence-corrected chi connectivity index (χ4v) is 3.28. The van der Waals surface area contributed by atoms with Gasteiger partial charge in [0.15, 0.2) is 0 Å². The van der Waals surface area contributed by atoms with Crippen molar-refractivity contribution in [2.75, 3.05) is 18.4 Å². The number of carboxylic acid groups (broad SMARTS) is 1. The number of likely N-dealkylation sites (tertiary alicyclic amines) is 1. The van der Waals surface area contributed by atoms with Crippen LogP contribution in [0.1, 0.15) is 19.3 Å². The Morgan fingerprint density at radius 3 is 2.35 bits per heavy atom. The molecule has 1 aromatic carbocycles. The number of benzene rings is 1. The maximum atomic E-state index is 13.4. The Kier molecular flexibility index (Phi) is 5.67. The molecule has 2 fully saturated rings. The minimum atomic E-state index is -0.755. The van der Waals surface area contributed by atoms with Gasteiger partial charge in [0.25, 0.3) is 6.47 Å². The number of carbonyl (C=O) groups is 3. The molecular weight excluding hydrogens is 303 g/mol. The van der Waals surface area contributed by atoms with Crippen LogP contribution in [0, 0.1) is 17.7 Å². The highest BCUT2D eigenvalue weighted by atomic mass is 19.1. The highest BCUT2D eigenvalue weighted by Gasteiger charge is 2.39. The van der Waals surface area contributed by atoms with Gasteiger partial charge in [0.2, 0.25) is 0 Å². The molecule has 2 N–H and O–H groups in total. The summed E-state index contributed by atoms with van der Waals surface area (Å²) in [6, 6.07) is 5.84. The van der Waals surface area contributed by atoms with Crippen LogP contribution < -0.4 is 5.32 Å². The molecule has 3 rings (SSSR count). The molecule has 1 aliphatic heterocycles. The van der Waals surface area contributed by atoms with Crippen LogP contribution in [0.15, 0.2) is 24.3 Å². The Hall–Kier alpha value is -2.44.